The normalized spacial score (nSPS) is 13.9. The molecule has 2 aromatic rings. The highest BCUT2D eigenvalue weighted by molar-refractivity contribution is 8.01. The molecule has 3 rings (SSSR count). The van der Waals surface area contributed by atoms with Gasteiger partial charge in [0, 0.05) is 44.0 Å². The van der Waals surface area contributed by atoms with Crippen LogP contribution in [-0.4, -0.2) is 53.9 Å². The highest BCUT2D eigenvalue weighted by Gasteiger charge is 2.21. The number of benzene rings is 1. The Labute approximate surface area is 172 Å². The van der Waals surface area contributed by atoms with Gasteiger partial charge in [0.05, 0.1) is 5.75 Å². The third kappa shape index (κ3) is 5.76. The van der Waals surface area contributed by atoms with Crippen LogP contribution in [0.4, 0.5) is 10.8 Å². The number of amides is 1. The molecule has 9 heteroatoms. The number of rotatable bonds is 11. The summed E-state index contributed by atoms with van der Waals surface area (Å²) in [7, 11) is 0. The van der Waals surface area contributed by atoms with Crippen molar-refractivity contribution in [3.05, 3.63) is 29.8 Å². The first kappa shape index (κ1) is 20.8. The van der Waals surface area contributed by atoms with E-state index in [2.05, 4.69) is 15.5 Å². The van der Waals surface area contributed by atoms with Crippen molar-refractivity contribution in [1.82, 2.24) is 10.2 Å². The predicted molar refractivity (Wildman–Crippen MR) is 113 cm³/mol. The molecule has 1 aliphatic heterocycles. The highest BCUT2D eigenvalue weighted by Crippen LogP contribution is 2.27. The van der Waals surface area contributed by atoms with Crippen molar-refractivity contribution in [2.45, 2.75) is 30.5 Å². The summed E-state index contributed by atoms with van der Waals surface area (Å²) in [6, 6.07) is 7.26. The third-order valence-electron chi connectivity index (χ3n) is 4.25. The van der Waals surface area contributed by atoms with Gasteiger partial charge in [-0.1, -0.05) is 23.1 Å². The second kappa shape index (κ2) is 10.5. The standard InChI is InChI=1S/C19H24N4O3S2/c1-2-26-12-4-10-20-18-21-22-19(28-18)27-13-16(24)14-6-8-15(9-7-14)23-11-3-5-17(23)25/h6-9H,2-5,10-13H2,1H3,(H,20,21). The van der Waals surface area contributed by atoms with E-state index in [-0.39, 0.29) is 11.7 Å². The zero-order chi connectivity index (χ0) is 19.8. The SMILES string of the molecule is CCOCCCNc1nnc(SCC(=O)c2ccc(N3CCCC3=O)cc2)s1. The molecule has 1 aromatic carbocycles. The van der Waals surface area contributed by atoms with E-state index in [1.165, 1.54) is 23.1 Å². The van der Waals surface area contributed by atoms with Gasteiger partial charge in [0.1, 0.15) is 0 Å². The maximum Gasteiger partial charge on any atom is 0.227 e. The fourth-order valence-electron chi connectivity index (χ4n) is 2.81. The second-order valence-electron chi connectivity index (χ2n) is 6.26. The lowest BCUT2D eigenvalue weighted by Gasteiger charge is -2.15. The van der Waals surface area contributed by atoms with Gasteiger partial charge in [0.2, 0.25) is 11.0 Å². The molecule has 0 unspecified atom stereocenters. The smallest absolute Gasteiger partial charge is 0.227 e. The lowest BCUT2D eigenvalue weighted by molar-refractivity contribution is -0.117. The Morgan fingerprint density at radius 3 is 2.86 bits per heavy atom. The van der Waals surface area contributed by atoms with Crippen molar-refractivity contribution >= 4 is 45.6 Å². The first-order valence-corrected chi connectivity index (χ1v) is 11.2. The van der Waals surface area contributed by atoms with Crippen LogP contribution in [0.2, 0.25) is 0 Å². The van der Waals surface area contributed by atoms with Crippen LogP contribution in [0.25, 0.3) is 0 Å². The van der Waals surface area contributed by atoms with Gasteiger partial charge < -0.3 is 15.0 Å². The first-order valence-electron chi connectivity index (χ1n) is 9.39. The molecule has 1 aromatic heterocycles. The van der Waals surface area contributed by atoms with Gasteiger partial charge >= 0.3 is 0 Å². The van der Waals surface area contributed by atoms with Crippen LogP contribution in [0, 0.1) is 0 Å². The Bertz CT molecular complexity index is 795. The molecule has 1 aliphatic rings. The summed E-state index contributed by atoms with van der Waals surface area (Å²) in [5.41, 5.74) is 1.50. The van der Waals surface area contributed by atoms with Gasteiger partial charge in [0.15, 0.2) is 10.1 Å². The fraction of sp³-hybridized carbons (Fsp3) is 0.474. The van der Waals surface area contributed by atoms with Gasteiger partial charge in [0.25, 0.3) is 0 Å². The minimum atomic E-state index is 0.0331. The van der Waals surface area contributed by atoms with Crippen molar-refractivity contribution in [2.75, 3.05) is 42.3 Å². The maximum absolute atomic E-state index is 12.4. The largest absolute Gasteiger partial charge is 0.382 e. The number of nitrogens with one attached hydrogen (secondary N) is 1. The first-order chi connectivity index (χ1) is 13.7. The summed E-state index contributed by atoms with van der Waals surface area (Å²) in [4.78, 5) is 26.0. The van der Waals surface area contributed by atoms with E-state index < -0.39 is 0 Å². The van der Waals surface area contributed by atoms with Crippen LogP contribution in [0.3, 0.4) is 0 Å². The molecule has 0 aliphatic carbocycles. The van der Waals surface area contributed by atoms with Crippen molar-refractivity contribution in [2.24, 2.45) is 0 Å². The average Bonchev–Trinajstić information content (AvgIpc) is 3.35. The number of thioether (sulfide) groups is 1. The molecule has 0 atom stereocenters. The lowest BCUT2D eigenvalue weighted by atomic mass is 10.1. The van der Waals surface area contributed by atoms with Gasteiger partial charge in [-0.15, -0.1) is 10.2 Å². The average molecular weight is 421 g/mol. The van der Waals surface area contributed by atoms with E-state index in [4.69, 9.17) is 4.74 Å². The predicted octanol–water partition coefficient (Wildman–Crippen LogP) is 3.48. The number of carbonyl (C=O) groups excluding carboxylic acids is 2. The Morgan fingerprint density at radius 2 is 2.14 bits per heavy atom. The summed E-state index contributed by atoms with van der Waals surface area (Å²) in [5.74, 6) is 0.486. The fourth-order valence-corrected chi connectivity index (χ4v) is 4.48. The Hall–Kier alpha value is -1.97. The van der Waals surface area contributed by atoms with Crippen LogP contribution >= 0.6 is 23.1 Å². The molecule has 1 amide bonds. The van der Waals surface area contributed by atoms with Gasteiger partial charge in [-0.25, -0.2) is 0 Å². The van der Waals surface area contributed by atoms with Crippen molar-refractivity contribution in [1.29, 1.82) is 0 Å². The summed E-state index contributed by atoms with van der Waals surface area (Å²) >= 11 is 2.83. The highest BCUT2D eigenvalue weighted by atomic mass is 32.2. The molecule has 28 heavy (non-hydrogen) atoms. The minimum Gasteiger partial charge on any atom is -0.382 e. The molecule has 150 valence electrons. The Balaban J connectivity index is 1.44. The van der Waals surface area contributed by atoms with Crippen LogP contribution in [0.15, 0.2) is 28.6 Å². The molecule has 0 radical (unpaired) electrons. The van der Waals surface area contributed by atoms with E-state index in [0.717, 1.165) is 54.3 Å². The van der Waals surface area contributed by atoms with Crippen molar-refractivity contribution < 1.29 is 14.3 Å². The number of carbonyl (C=O) groups is 2. The van der Waals surface area contributed by atoms with Crippen LogP contribution < -0.4 is 10.2 Å². The molecule has 1 fully saturated rings. The minimum absolute atomic E-state index is 0.0331. The Morgan fingerprint density at radius 1 is 1.32 bits per heavy atom. The number of aromatic nitrogens is 2. The summed E-state index contributed by atoms with van der Waals surface area (Å²) in [6.45, 7) is 4.97. The zero-order valence-electron chi connectivity index (χ0n) is 15.8. The number of hydrogen-bond donors (Lipinski definition) is 1. The van der Waals surface area contributed by atoms with Gasteiger partial charge in [-0.2, -0.15) is 0 Å². The van der Waals surface area contributed by atoms with E-state index >= 15 is 0 Å². The quantitative estimate of drug-likeness (QED) is 0.338. The number of nitrogens with zero attached hydrogens (tertiary/aromatic N) is 3. The van der Waals surface area contributed by atoms with Gasteiger partial charge in [-0.05, 0) is 44.0 Å². The lowest BCUT2D eigenvalue weighted by Crippen LogP contribution is -2.23. The van der Waals surface area contributed by atoms with E-state index in [9.17, 15) is 9.59 Å². The zero-order valence-corrected chi connectivity index (χ0v) is 17.5. The number of hydrogen-bond acceptors (Lipinski definition) is 8. The van der Waals surface area contributed by atoms with Crippen molar-refractivity contribution in [3.63, 3.8) is 0 Å². The molecule has 0 spiro atoms. The van der Waals surface area contributed by atoms with E-state index in [1.807, 2.05) is 19.1 Å². The number of ketones is 1. The second-order valence-corrected chi connectivity index (χ2v) is 8.46. The summed E-state index contributed by atoms with van der Waals surface area (Å²) in [5, 5.41) is 12.2. The molecular weight excluding hydrogens is 396 g/mol. The Kier molecular flexibility index (Phi) is 7.81. The molecular formula is C19H24N4O3S2. The van der Waals surface area contributed by atoms with Crippen LogP contribution in [-0.2, 0) is 9.53 Å². The molecule has 2 heterocycles. The monoisotopic (exact) mass is 420 g/mol. The molecule has 0 bridgehead atoms. The summed E-state index contributed by atoms with van der Waals surface area (Å²) < 4.78 is 6.06. The van der Waals surface area contributed by atoms with E-state index in [1.54, 1.807) is 17.0 Å². The number of anilines is 2. The van der Waals surface area contributed by atoms with Crippen molar-refractivity contribution in [3.8, 4) is 0 Å². The van der Waals surface area contributed by atoms with E-state index in [0.29, 0.717) is 17.7 Å². The maximum atomic E-state index is 12.4. The summed E-state index contributed by atoms with van der Waals surface area (Å²) in [6.07, 6.45) is 2.40. The van der Waals surface area contributed by atoms with Crippen LogP contribution in [0.1, 0.15) is 36.5 Å². The molecule has 7 nitrogen and oxygen atoms in total. The van der Waals surface area contributed by atoms with Crippen LogP contribution in [0.5, 0.6) is 0 Å². The topological polar surface area (TPSA) is 84.4 Å². The van der Waals surface area contributed by atoms with Gasteiger partial charge in [-0.3, -0.25) is 9.59 Å². The molecule has 0 saturated carbocycles. The molecule has 1 saturated heterocycles. The number of Topliss-reactive ketones (excluding diaryl/α,β-unsaturated/α-hetero) is 1. The molecule has 1 N–H and O–H groups in total. The third-order valence-corrected chi connectivity index (χ3v) is 6.27. The number of ether oxygens (including phenoxy) is 1.